The summed E-state index contributed by atoms with van der Waals surface area (Å²) in [7, 11) is 0. The molecule has 0 aliphatic carbocycles. The lowest BCUT2D eigenvalue weighted by Gasteiger charge is -2.25. The zero-order valence-electron chi connectivity index (χ0n) is 14.4. The lowest BCUT2D eigenvalue weighted by molar-refractivity contribution is -0.159. The molecule has 10 nitrogen and oxygen atoms in total. The molecule has 27 heavy (non-hydrogen) atoms. The Hall–Kier alpha value is -3.24. The largest absolute Gasteiger partial charge is 0.473 e. The molecule has 1 aliphatic rings. The van der Waals surface area contributed by atoms with E-state index in [0.29, 0.717) is 0 Å². The Morgan fingerprint density at radius 3 is 1.70 bits per heavy atom. The maximum Gasteiger partial charge on any atom is 0.414 e. The third-order valence-electron chi connectivity index (χ3n) is 3.05. The van der Waals surface area contributed by atoms with Crippen molar-refractivity contribution in [2.75, 3.05) is 32.7 Å². The van der Waals surface area contributed by atoms with Gasteiger partial charge < -0.3 is 25.7 Å². The molecule has 0 saturated carbocycles. The number of piperazine rings is 1. The van der Waals surface area contributed by atoms with Crippen LogP contribution in [-0.4, -0.2) is 81.9 Å². The Balaban J connectivity index is 0.000000470. The molecule has 148 valence electrons. The van der Waals surface area contributed by atoms with Crippen LogP contribution in [0.4, 0.5) is 0 Å². The first-order valence-corrected chi connectivity index (χ1v) is 7.81. The molecule has 0 aromatic heterocycles. The van der Waals surface area contributed by atoms with Crippen molar-refractivity contribution in [2.24, 2.45) is 0 Å². The number of rotatable bonds is 3. The molecule has 1 aliphatic heterocycles. The van der Waals surface area contributed by atoms with Gasteiger partial charge in [-0.25, -0.2) is 19.2 Å². The summed E-state index contributed by atoms with van der Waals surface area (Å²) in [6, 6.07) is 10.5. The van der Waals surface area contributed by atoms with Crippen LogP contribution in [0.25, 0.3) is 6.08 Å². The van der Waals surface area contributed by atoms with E-state index in [1.807, 2.05) is 6.07 Å². The van der Waals surface area contributed by atoms with Crippen molar-refractivity contribution in [3.05, 3.63) is 42.0 Å². The predicted molar refractivity (Wildman–Crippen MR) is 95.3 cm³/mol. The molecule has 2 rings (SSSR count). The average Bonchev–Trinajstić information content (AvgIpc) is 2.64. The van der Waals surface area contributed by atoms with E-state index in [1.54, 1.807) is 0 Å². The molecule has 10 heteroatoms. The third-order valence-corrected chi connectivity index (χ3v) is 3.05. The Bertz CT molecular complexity index is 592. The SMILES string of the molecule is C(=Cc1ccccc1)CN1CCNCC1.O=C(O)C(=O)O.O=C(O)C(=O)O. The monoisotopic (exact) mass is 382 g/mol. The minimum Gasteiger partial charge on any atom is -0.473 e. The molecule has 0 spiro atoms. The smallest absolute Gasteiger partial charge is 0.414 e. The predicted octanol–water partition coefficient (Wildman–Crippen LogP) is -0.0838. The first-order chi connectivity index (χ1) is 12.7. The Morgan fingerprint density at radius 2 is 1.30 bits per heavy atom. The van der Waals surface area contributed by atoms with Crippen molar-refractivity contribution < 1.29 is 39.6 Å². The topological polar surface area (TPSA) is 164 Å². The standard InChI is InChI=1S/C13H18N2.2C2H2O4/c1-2-5-13(6-3-1)7-4-10-15-11-8-14-9-12-15;2*3-1(4)2(5)6/h1-7,14H,8-12H2;2*(H,3,4)(H,5,6). The van der Waals surface area contributed by atoms with Crippen LogP contribution in [0.2, 0.25) is 0 Å². The van der Waals surface area contributed by atoms with Crippen LogP contribution in [0.5, 0.6) is 0 Å². The number of aliphatic carboxylic acids is 4. The van der Waals surface area contributed by atoms with Crippen LogP contribution in [0.3, 0.4) is 0 Å². The highest BCUT2D eigenvalue weighted by Gasteiger charge is 2.06. The van der Waals surface area contributed by atoms with E-state index in [1.165, 1.54) is 18.7 Å². The van der Waals surface area contributed by atoms with Crippen molar-refractivity contribution in [1.82, 2.24) is 10.2 Å². The molecule has 1 fully saturated rings. The summed E-state index contributed by atoms with van der Waals surface area (Å²) in [6.07, 6.45) is 4.45. The summed E-state index contributed by atoms with van der Waals surface area (Å²) in [6.45, 7) is 5.65. The van der Waals surface area contributed by atoms with Gasteiger partial charge >= 0.3 is 23.9 Å². The summed E-state index contributed by atoms with van der Waals surface area (Å²) in [5.41, 5.74) is 1.28. The van der Waals surface area contributed by atoms with Crippen LogP contribution < -0.4 is 5.32 Å². The molecule has 0 atom stereocenters. The second-order valence-corrected chi connectivity index (χ2v) is 5.08. The molecule has 0 amide bonds. The van der Waals surface area contributed by atoms with Gasteiger partial charge in [-0.05, 0) is 5.56 Å². The van der Waals surface area contributed by atoms with Gasteiger partial charge in [0, 0.05) is 32.7 Å². The number of nitrogens with one attached hydrogen (secondary N) is 1. The van der Waals surface area contributed by atoms with Crippen molar-refractivity contribution in [3.63, 3.8) is 0 Å². The fourth-order valence-electron chi connectivity index (χ4n) is 1.80. The number of carboxylic acid groups (broad SMARTS) is 4. The summed E-state index contributed by atoms with van der Waals surface area (Å²) >= 11 is 0. The maximum atomic E-state index is 9.10. The second-order valence-electron chi connectivity index (χ2n) is 5.08. The van der Waals surface area contributed by atoms with Gasteiger partial charge in [0.05, 0.1) is 0 Å². The van der Waals surface area contributed by atoms with E-state index in [-0.39, 0.29) is 0 Å². The van der Waals surface area contributed by atoms with E-state index in [2.05, 4.69) is 46.6 Å². The molecular formula is C17H22N2O8. The van der Waals surface area contributed by atoms with E-state index >= 15 is 0 Å². The maximum absolute atomic E-state index is 9.10. The van der Waals surface area contributed by atoms with Crippen molar-refractivity contribution in [3.8, 4) is 0 Å². The lowest BCUT2D eigenvalue weighted by Crippen LogP contribution is -2.43. The molecule has 1 heterocycles. The fraction of sp³-hybridized carbons (Fsp3) is 0.294. The minimum atomic E-state index is -1.82. The second kappa shape index (κ2) is 14.0. The van der Waals surface area contributed by atoms with Crippen molar-refractivity contribution in [2.45, 2.75) is 0 Å². The normalized spacial score (nSPS) is 13.5. The number of benzene rings is 1. The highest BCUT2D eigenvalue weighted by atomic mass is 16.4. The molecule has 1 aromatic carbocycles. The van der Waals surface area contributed by atoms with Gasteiger partial charge in [-0.3, -0.25) is 4.90 Å². The van der Waals surface area contributed by atoms with Gasteiger partial charge in [-0.15, -0.1) is 0 Å². The van der Waals surface area contributed by atoms with Gasteiger partial charge in [0.15, 0.2) is 0 Å². The van der Waals surface area contributed by atoms with Crippen LogP contribution >= 0.6 is 0 Å². The van der Waals surface area contributed by atoms with Crippen LogP contribution in [0, 0.1) is 0 Å². The first-order valence-electron chi connectivity index (χ1n) is 7.81. The van der Waals surface area contributed by atoms with Gasteiger partial charge in [-0.2, -0.15) is 0 Å². The van der Waals surface area contributed by atoms with Crippen molar-refractivity contribution >= 4 is 30.0 Å². The molecule has 1 aromatic rings. The van der Waals surface area contributed by atoms with Crippen LogP contribution in [-0.2, 0) is 19.2 Å². The van der Waals surface area contributed by atoms with Crippen molar-refractivity contribution in [1.29, 1.82) is 0 Å². The van der Waals surface area contributed by atoms with Gasteiger partial charge in [0.1, 0.15) is 0 Å². The van der Waals surface area contributed by atoms with Gasteiger partial charge in [0.2, 0.25) is 0 Å². The molecule has 5 N–H and O–H groups in total. The first kappa shape index (κ1) is 23.8. The zero-order chi connectivity index (χ0) is 20.7. The van der Waals surface area contributed by atoms with E-state index in [9.17, 15) is 0 Å². The molecule has 1 saturated heterocycles. The number of hydrogen-bond acceptors (Lipinski definition) is 6. The molecule has 0 unspecified atom stereocenters. The Morgan fingerprint density at radius 1 is 0.852 bits per heavy atom. The third kappa shape index (κ3) is 13.7. The Kier molecular flexibility index (Phi) is 12.3. The summed E-state index contributed by atoms with van der Waals surface area (Å²) < 4.78 is 0. The molecular weight excluding hydrogens is 360 g/mol. The highest BCUT2D eigenvalue weighted by molar-refractivity contribution is 6.27. The summed E-state index contributed by atoms with van der Waals surface area (Å²) in [5, 5.41) is 32.9. The lowest BCUT2D eigenvalue weighted by atomic mass is 10.2. The molecule has 0 bridgehead atoms. The highest BCUT2D eigenvalue weighted by Crippen LogP contribution is 2.01. The quantitative estimate of drug-likeness (QED) is 0.446. The Labute approximate surface area is 155 Å². The number of hydrogen-bond donors (Lipinski definition) is 5. The number of carbonyl (C=O) groups is 4. The van der Waals surface area contributed by atoms with Crippen LogP contribution in [0.15, 0.2) is 36.4 Å². The average molecular weight is 382 g/mol. The number of nitrogens with zero attached hydrogens (tertiary/aromatic N) is 1. The zero-order valence-corrected chi connectivity index (χ0v) is 14.4. The molecule has 0 radical (unpaired) electrons. The van der Waals surface area contributed by atoms with Gasteiger partial charge in [0.25, 0.3) is 0 Å². The summed E-state index contributed by atoms with van der Waals surface area (Å²) in [5.74, 6) is -7.30. The number of carboxylic acids is 4. The fourth-order valence-corrected chi connectivity index (χ4v) is 1.80. The van der Waals surface area contributed by atoms with E-state index in [0.717, 1.165) is 19.6 Å². The summed E-state index contributed by atoms with van der Waals surface area (Å²) in [4.78, 5) is 38.9. The van der Waals surface area contributed by atoms with Crippen LogP contribution in [0.1, 0.15) is 5.56 Å². The van der Waals surface area contributed by atoms with E-state index < -0.39 is 23.9 Å². The van der Waals surface area contributed by atoms with Gasteiger partial charge in [-0.1, -0.05) is 42.5 Å². The van der Waals surface area contributed by atoms with E-state index in [4.69, 9.17) is 39.6 Å². The minimum absolute atomic E-state index is 1.07.